The predicted molar refractivity (Wildman–Crippen MR) is 130 cm³/mol. The Bertz CT molecular complexity index is 1520. The monoisotopic (exact) mass is 595 g/mol. The fraction of sp³-hybridized carbons (Fsp3) is 0.182. The second-order valence-electron chi connectivity index (χ2n) is 8.58. The van der Waals surface area contributed by atoms with Gasteiger partial charge in [-0.1, -0.05) is 73.0 Å². The van der Waals surface area contributed by atoms with Crippen molar-refractivity contribution >= 4 is 51.2 Å². The van der Waals surface area contributed by atoms with Crippen LogP contribution in [0.4, 0.5) is 30.0 Å². The molecule has 2 aromatic carbocycles. The fourth-order valence-electron chi connectivity index (χ4n) is 4.04. The molecule has 0 bridgehead atoms. The Kier molecular flexibility index (Phi) is 5.95. The van der Waals surface area contributed by atoms with Gasteiger partial charge in [-0.2, -0.15) is 10.4 Å². The number of aromatic nitrogens is 2. The van der Waals surface area contributed by atoms with Crippen LogP contribution in [0.1, 0.15) is 29.7 Å². The van der Waals surface area contributed by atoms with E-state index in [2.05, 4.69) is 5.10 Å². The molecular weight excluding hydrogens is 580 g/mol. The van der Waals surface area contributed by atoms with Crippen molar-refractivity contribution in [2.45, 2.75) is 29.7 Å². The molecule has 0 unspecified atom stereocenters. The molecule has 38 heavy (non-hydrogen) atoms. The van der Waals surface area contributed by atoms with Crippen LogP contribution in [0, 0.1) is 11.3 Å². The maximum atomic E-state index is 13.5. The number of amides is 2. The third kappa shape index (κ3) is 4.84. The molecule has 202 valence electrons. The molecule has 1 aliphatic rings. The number of primary amides is 1. The smallest absolute Gasteiger partial charge is 0.413 e. The predicted octanol–water partition coefficient (Wildman–Crippen LogP) is 6.91. The van der Waals surface area contributed by atoms with E-state index in [-0.39, 0.29) is 37.1 Å². The van der Waals surface area contributed by atoms with Gasteiger partial charge in [0, 0.05) is 5.56 Å². The number of anilines is 1. The molecule has 4 rings (SSSR count). The summed E-state index contributed by atoms with van der Waals surface area (Å²) in [5.41, 5.74) is 3.24. The van der Waals surface area contributed by atoms with Gasteiger partial charge in [0.05, 0.1) is 22.0 Å². The van der Waals surface area contributed by atoms with Gasteiger partial charge in [-0.15, -0.1) is 0 Å². The van der Waals surface area contributed by atoms with Gasteiger partial charge in [0.15, 0.2) is 5.69 Å². The van der Waals surface area contributed by atoms with Gasteiger partial charge in [0.25, 0.3) is 0 Å². The van der Waals surface area contributed by atoms with E-state index in [0.29, 0.717) is 15.1 Å². The van der Waals surface area contributed by atoms with E-state index < -0.39 is 59.8 Å². The molecule has 1 saturated carbocycles. The van der Waals surface area contributed by atoms with E-state index >= 15 is 0 Å². The molecule has 2 amide bonds. The second-order valence-corrected chi connectivity index (χ2v) is 11.8. The third-order valence-corrected chi connectivity index (χ3v) is 7.69. The summed E-state index contributed by atoms with van der Waals surface area (Å²) >= 11 is 12.0. The summed E-state index contributed by atoms with van der Waals surface area (Å²) in [6.45, 7) is -0.368. The highest BCUT2D eigenvalue weighted by Gasteiger charge is 2.66. The minimum absolute atomic E-state index is 0.0647. The largest absolute Gasteiger partial charge is 0.465 e. The van der Waals surface area contributed by atoms with Crippen molar-refractivity contribution in [2.75, 3.05) is 4.90 Å². The summed E-state index contributed by atoms with van der Waals surface area (Å²) < 4.78 is 67.9. The number of rotatable bonds is 7. The number of hydrogen-bond acceptors (Lipinski definition) is 4. The summed E-state index contributed by atoms with van der Waals surface area (Å²) in [7, 11) is -10.2. The van der Waals surface area contributed by atoms with Crippen LogP contribution in [0.15, 0.2) is 47.4 Å². The number of nitrogens with zero attached hydrogens (tertiary/aromatic N) is 4. The Morgan fingerprint density at radius 2 is 1.68 bits per heavy atom. The van der Waals surface area contributed by atoms with Crippen LogP contribution in [0.5, 0.6) is 0 Å². The highest BCUT2D eigenvalue weighted by Crippen LogP contribution is 3.02. The zero-order valence-electron chi connectivity index (χ0n) is 18.8. The van der Waals surface area contributed by atoms with Gasteiger partial charge in [-0.25, -0.2) is 9.48 Å². The molecule has 1 aromatic heterocycles. The van der Waals surface area contributed by atoms with Crippen LogP contribution in [0.25, 0.3) is 5.69 Å². The third-order valence-electron chi connectivity index (χ3n) is 5.98. The standard InChI is InChI=1S/C22H16Cl2F5N5O3S/c23-14-8-13(38(25,26,27,28)29)9-15(24)18(14)34-19(33(21(36)37)11-12-4-2-1-3-5-12)17(16(10-30)32-34)22(6-7-22)20(31)35/h1-5,8-9H,6-7,11H2,(H2,31,35)(H,36,37). The SMILES string of the molecule is N#Cc1nn(-c2c(Cl)cc(S(F)(F)(F)(F)F)cc2Cl)c(N(Cc2ccccc2)C(=O)O)c1C1(C(N)=O)CC1. The fourth-order valence-corrected chi connectivity index (χ4v) is 5.50. The number of hydrogen-bond donors (Lipinski definition) is 2. The summed E-state index contributed by atoms with van der Waals surface area (Å²) in [4.78, 5) is 23.2. The van der Waals surface area contributed by atoms with Gasteiger partial charge in [0.2, 0.25) is 5.91 Å². The van der Waals surface area contributed by atoms with Gasteiger partial charge >= 0.3 is 16.3 Å². The molecule has 3 N–H and O–H groups in total. The molecule has 3 aromatic rings. The summed E-state index contributed by atoms with van der Waals surface area (Å²) in [5, 5.41) is 22.0. The average Bonchev–Trinajstić information content (AvgIpc) is 3.52. The van der Waals surface area contributed by atoms with E-state index in [1.165, 1.54) is 0 Å². The van der Waals surface area contributed by atoms with Crippen LogP contribution in [0.2, 0.25) is 10.0 Å². The first-order chi connectivity index (χ1) is 17.4. The van der Waals surface area contributed by atoms with E-state index in [1.807, 2.05) is 0 Å². The molecule has 8 nitrogen and oxygen atoms in total. The van der Waals surface area contributed by atoms with Crippen LogP contribution >= 0.6 is 33.4 Å². The number of nitriles is 1. The van der Waals surface area contributed by atoms with Crippen LogP contribution in [-0.4, -0.2) is 26.9 Å². The van der Waals surface area contributed by atoms with Crippen molar-refractivity contribution in [3.8, 4) is 11.8 Å². The lowest BCUT2D eigenvalue weighted by atomic mass is 9.94. The second kappa shape index (κ2) is 8.23. The summed E-state index contributed by atoms with van der Waals surface area (Å²) in [6, 6.07) is 9.66. The first kappa shape index (κ1) is 27.5. The van der Waals surface area contributed by atoms with Crippen LogP contribution in [0.3, 0.4) is 0 Å². The zero-order valence-corrected chi connectivity index (χ0v) is 21.2. The number of carbonyl (C=O) groups is 2. The Hall–Kier alpha value is -3.54. The number of halogens is 7. The summed E-state index contributed by atoms with van der Waals surface area (Å²) in [5.74, 6) is -1.34. The lowest BCUT2D eigenvalue weighted by molar-refractivity contribution is -0.120. The normalized spacial score (nSPS) is 16.2. The topological polar surface area (TPSA) is 125 Å². The van der Waals surface area contributed by atoms with Gasteiger partial charge in [-0.3, -0.25) is 9.69 Å². The van der Waals surface area contributed by atoms with Crippen molar-refractivity contribution in [2.24, 2.45) is 5.73 Å². The molecule has 16 heteroatoms. The minimum Gasteiger partial charge on any atom is -0.465 e. The number of nitrogens with two attached hydrogens (primary N) is 1. The molecule has 0 saturated heterocycles. The van der Waals surface area contributed by atoms with Crippen LogP contribution in [-0.2, 0) is 16.8 Å². The van der Waals surface area contributed by atoms with Crippen molar-refractivity contribution in [1.29, 1.82) is 5.26 Å². The van der Waals surface area contributed by atoms with E-state index in [0.717, 1.165) is 0 Å². The lowest BCUT2D eigenvalue weighted by Crippen LogP contribution is -2.35. The molecule has 0 atom stereocenters. The van der Waals surface area contributed by atoms with E-state index in [4.69, 9.17) is 28.9 Å². The first-order valence-corrected chi connectivity index (χ1v) is 13.2. The number of benzene rings is 2. The summed E-state index contributed by atoms with van der Waals surface area (Å²) in [6.07, 6.45) is -1.35. The lowest BCUT2D eigenvalue weighted by Gasteiger charge is -2.40. The average molecular weight is 596 g/mol. The quantitative estimate of drug-likeness (QED) is 0.287. The van der Waals surface area contributed by atoms with Crippen molar-refractivity contribution in [1.82, 2.24) is 9.78 Å². The molecule has 1 heterocycles. The highest BCUT2D eigenvalue weighted by atomic mass is 35.5. The Labute approximate surface area is 221 Å². The van der Waals surface area contributed by atoms with Crippen LogP contribution < -0.4 is 10.6 Å². The number of carboxylic acid groups (broad SMARTS) is 1. The van der Waals surface area contributed by atoms with Gasteiger partial charge in [-0.05, 0) is 30.5 Å². The maximum absolute atomic E-state index is 13.5. The Morgan fingerprint density at radius 1 is 1.13 bits per heavy atom. The number of carbonyl (C=O) groups excluding carboxylic acids is 1. The van der Waals surface area contributed by atoms with Crippen molar-refractivity contribution in [3.05, 3.63) is 69.3 Å². The zero-order chi connectivity index (χ0) is 28.3. The maximum Gasteiger partial charge on any atom is 0.413 e. The molecule has 0 radical (unpaired) electrons. The van der Waals surface area contributed by atoms with E-state index in [9.17, 15) is 39.4 Å². The van der Waals surface area contributed by atoms with Gasteiger partial charge in [0.1, 0.15) is 22.5 Å². The van der Waals surface area contributed by atoms with Crippen molar-refractivity contribution < 1.29 is 34.1 Å². The molecule has 1 fully saturated rings. The van der Waals surface area contributed by atoms with E-state index in [1.54, 1.807) is 36.4 Å². The first-order valence-electron chi connectivity index (χ1n) is 10.5. The molecule has 0 aliphatic heterocycles. The van der Waals surface area contributed by atoms with Crippen molar-refractivity contribution in [3.63, 3.8) is 0 Å². The Balaban J connectivity index is 2.06. The Morgan fingerprint density at radius 3 is 2.11 bits per heavy atom. The molecular formula is C22H16Cl2F5N5O3S. The molecule has 1 aliphatic carbocycles. The highest BCUT2D eigenvalue weighted by molar-refractivity contribution is 8.45. The minimum atomic E-state index is -10.2. The van der Waals surface area contributed by atoms with Gasteiger partial charge < -0.3 is 10.8 Å². The molecule has 0 spiro atoms.